The van der Waals surface area contributed by atoms with Crippen LogP contribution in [0.5, 0.6) is 11.5 Å². The summed E-state index contributed by atoms with van der Waals surface area (Å²) in [5, 5.41) is 22.4. The first kappa shape index (κ1) is 19.5. The molecule has 5 unspecified atom stereocenters. The average Bonchev–Trinajstić information content (AvgIpc) is 2.86. The molecule has 4 aliphatic carbocycles. The summed E-state index contributed by atoms with van der Waals surface area (Å²) in [6.45, 7) is 0. The normalized spacial score (nSPS) is 30.2. The minimum atomic E-state index is 0.0743. The van der Waals surface area contributed by atoms with Crippen molar-refractivity contribution in [2.45, 2.75) is 5.92 Å². The number of aliphatic hydroxyl groups excluding tert-OH is 1. The highest BCUT2D eigenvalue weighted by Gasteiger charge is 2.46. The zero-order chi connectivity index (χ0) is 22.8. The summed E-state index contributed by atoms with van der Waals surface area (Å²) in [6.07, 6.45) is 25.6. The number of fused-ring (bicyclic) bond motifs is 7. The molecular formula is C31H24O3. The lowest BCUT2D eigenvalue weighted by Gasteiger charge is -2.45. The van der Waals surface area contributed by atoms with Gasteiger partial charge in [-0.25, -0.2) is 0 Å². The van der Waals surface area contributed by atoms with Gasteiger partial charge in [0.1, 0.15) is 23.0 Å². The van der Waals surface area contributed by atoms with E-state index in [0.717, 1.165) is 27.9 Å². The maximum atomic E-state index is 10.2. The molecule has 34 heavy (non-hydrogen) atoms. The van der Waals surface area contributed by atoms with E-state index in [1.54, 1.807) is 12.1 Å². The third-order valence-electron chi connectivity index (χ3n) is 7.78. The zero-order valence-electron chi connectivity index (χ0n) is 18.5. The number of hydrogen-bond acceptors (Lipinski definition) is 3. The summed E-state index contributed by atoms with van der Waals surface area (Å²) in [6, 6.07) is 9.67. The molecule has 0 aromatic heterocycles. The van der Waals surface area contributed by atoms with Gasteiger partial charge in [0.2, 0.25) is 0 Å². The van der Waals surface area contributed by atoms with E-state index >= 15 is 0 Å². The number of aliphatic hydroxyl groups is 1. The van der Waals surface area contributed by atoms with Crippen LogP contribution in [-0.2, 0) is 0 Å². The first-order valence-corrected chi connectivity index (χ1v) is 11.8. The lowest BCUT2D eigenvalue weighted by atomic mass is 9.62. The Morgan fingerprint density at radius 3 is 2.62 bits per heavy atom. The smallest absolute Gasteiger partial charge is 0.131 e. The summed E-state index contributed by atoms with van der Waals surface area (Å²) < 4.78 is 6.57. The van der Waals surface area contributed by atoms with Gasteiger partial charge in [-0.1, -0.05) is 72.4 Å². The van der Waals surface area contributed by atoms with Gasteiger partial charge in [-0.2, -0.15) is 0 Å². The molecule has 2 aromatic carbocycles. The van der Waals surface area contributed by atoms with Crippen LogP contribution in [0.3, 0.4) is 0 Å². The number of ether oxygens (including phenoxy) is 1. The van der Waals surface area contributed by atoms with Gasteiger partial charge in [0.05, 0.1) is 0 Å². The minimum absolute atomic E-state index is 0.0743. The Kier molecular flexibility index (Phi) is 4.16. The number of rotatable bonds is 1. The van der Waals surface area contributed by atoms with Crippen molar-refractivity contribution >= 4 is 10.8 Å². The van der Waals surface area contributed by atoms with Crippen molar-refractivity contribution in [2.24, 2.45) is 23.7 Å². The van der Waals surface area contributed by atoms with Crippen molar-refractivity contribution in [3.05, 3.63) is 131 Å². The lowest BCUT2D eigenvalue weighted by molar-refractivity contribution is 0.254. The first-order chi connectivity index (χ1) is 16.7. The van der Waals surface area contributed by atoms with E-state index in [9.17, 15) is 10.2 Å². The predicted octanol–water partition coefficient (Wildman–Crippen LogP) is 6.94. The van der Waals surface area contributed by atoms with Gasteiger partial charge in [0.15, 0.2) is 0 Å². The van der Waals surface area contributed by atoms with Gasteiger partial charge in [-0.3, -0.25) is 0 Å². The van der Waals surface area contributed by atoms with E-state index in [4.69, 9.17) is 4.74 Å². The Bertz CT molecular complexity index is 1470. The Morgan fingerprint density at radius 2 is 1.68 bits per heavy atom. The maximum absolute atomic E-state index is 10.2. The number of phenols is 1. The largest absolute Gasteiger partial charge is 0.508 e. The van der Waals surface area contributed by atoms with Crippen molar-refractivity contribution in [1.82, 2.24) is 0 Å². The zero-order valence-corrected chi connectivity index (χ0v) is 18.5. The fraction of sp³-hybridized carbons (Fsp3) is 0.161. The molecule has 0 saturated heterocycles. The molecule has 7 rings (SSSR count). The number of benzene rings is 2. The van der Waals surface area contributed by atoms with Crippen molar-refractivity contribution < 1.29 is 14.9 Å². The van der Waals surface area contributed by atoms with Gasteiger partial charge in [0.25, 0.3) is 0 Å². The van der Waals surface area contributed by atoms with Crippen molar-refractivity contribution in [3.8, 4) is 11.5 Å². The molecule has 3 heteroatoms. The fourth-order valence-corrected chi connectivity index (χ4v) is 6.33. The van der Waals surface area contributed by atoms with E-state index in [1.165, 1.54) is 11.1 Å². The molecule has 2 N–H and O–H groups in total. The van der Waals surface area contributed by atoms with Crippen LogP contribution < -0.4 is 4.74 Å². The van der Waals surface area contributed by atoms with E-state index in [1.807, 2.05) is 30.3 Å². The Balaban J connectivity index is 1.49. The quantitative estimate of drug-likeness (QED) is 0.501. The van der Waals surface area contributed by atoms with Crippen molar-refractivity contribution in [3.63, 3.8) is 0 Å². The van der Waals surface area contributed by atoms with Crippen LogP contribution in [0.2, 0.25) is 0 Å². The molecule has 5 atom stereocenters. The second kappa shape index (κ2) is 7.26. The summed E-state index contributed by atoms with van der Waals surface area (Å²) >= 11 is 0. The Hall–Kier alpha value is -3.98. The Morgan fingerprint density at radius 1 is 0.794 bits per heavy atom. The van der Waals surface area contributed by atoms with Gasteiger partial charge < -0.3 is 14.9 Å². The van der Waals surface area contributed by atoms with Gasteiger partial charge in [-0.05, 0) is 52.8 Å². The highest BCUT2D eigenvalue weighted by molar-refractivity contribution is 5.90. The molecule has 0 spiro atoms. The average molecular weight is 445 g/mol. The molecule has 0 bridgehead atoms. The Labute approximate surface area is 198 Å². The second-order valence-corrected chi connectivity index (χ2v) is 9.60. The van der Waals surface area contributed by atoms with Crippen LogP contribution >= 0.6 is 0 Å². The third kappa shape index (κ3) is 2.83. The highest BCUT2D eigenvalue weighted by Crippen LogP contribution is 2.57. The molecule has 5 aliphatic rings. The number of phenolic OH excluding ortho intramolecular Hbond substituents is 1. The molecule has 0 fully saturated rings. The number of allylic oxidation sites excluding steroid dienone is 15. The molecule has 2 aromatic rings. The molecule has 0 radical (unpaired) electrons. The van der Waals surface area contributed by atoms with Crippen LogP contribution in [0.1, 0.15) is 11.5 Å². The molecule has 1 heterocycles. The first-order valence-electron chi connectivity index (χ1n) is 11.8. The molecule has 166 valence electrons. The summed E-state index contributed by atoms with van der Waals surface area (Å²) in [5.41, 5.74) is 3.66. The summed E-state index contributed by atoms with van der Waals surface area (Å²) in [4.78, 5) is 0. The SMILES string of the molecule is OC1=CC2=CC=C3Oc4ccc5cc(O)ccc5c4C(C4=CC=CC5C=CC=CC45)C3C2C=C1. The fourth-order valence-electron chi connectivity index (χ4n) is 6.33. The third-order valence-corrected chi connectivity index (χ3v) is 7.78. The standard InChI is InChI=1S/C31H24O3/c32-21-10-12-24-19(16-21)8-14-27-29(24)31(26-7-3-5-18-4-1-2-6-23(18)26)30-25-13-11-22(33)17-20(25)9-15-28(30)34-27/h1-18,23-24,29,31-33H. The molecular weight excluding hydrogens is 420 g/mol. The van der Waals surface area contributed by atoms with E-state index in [-0.39, 0.29) is 35.2 Å². The van der Waals surface area contributed by atoms with Gasteiger partial charge >= 0.3 is 0 Å². The topological polar surface area (TPSA) is 49.7 Å². The summed E-state index contributed by atoms with van der Waals surface area (Å²) in [5.74, 6) is 3.28. The number of hydrogen-bond donors (Lipinski definition) is 2. The van der Waals surface area contributed by atoms with Gasteiger partial charge in [-0.15, -0.1) is 0 Å². The van der Waals surface area contributed by atoms with Gasteiger partial charge in [0, 0.05) is 35.2 Å². The molecule has 0 amide bonds. The molecule has 0 saturated carbocycles. The van der Waals surface area contributed by atoms with Crippen LogP contribution in [0.25, 0.3) is 10.8 Å². The molecule has 3 nitrogen and oxygen atoms in total. The number of aromatic hydroxyl groups is 1. The van der Waals surface area contributed by atoms with Crippen LogP contribution in [0, 0.1) is 23.7 Å². The van der Waals surface area contributed by atoms with E-state index in [0.29, 0.717) is 5.92 Å². The highest BCUT2D eigenvalue weighted by atomic mass is 16.5. The van der Waals surface area contributed by atoms with Crippen LogP contribution in [0.15, 0.2) is 126 Å². The lowest BCUT2D eigenvalue weighted by Crippen LogP contribution is -2.36. The summed E-state index contributed by atoms with van der Waals surface area (Å²) in [7, 11) is 0. The van der Waals surface area contributed by atoms with E-state index < -0.39 is 0 Å². The van der Waals surface area contributed by atoms with Crippen LogP contribution in [0.4, 0.5) is 0 Å². The van der Waals surface area contributed by atoms with Crippen LogP contribution in [-0.4, -0.2) is 10.2 Å². The molecule has 1 aliphatic heterocycles. The predicted molar refractivity (Wildman–Crippen MR) is 134 cm³/mol. The van der Waals surface area contributed by atoms with Crippen molar-refractivity contribution in [2.75, 3.05) is 0 Å². The minimum Gasteiger partial charge on any atom is -0.508 e. The monoisotopic (exact) mass is 444 g/mol. The van der Waals surface area contributed by atoms with E-state index in [2.05, 4.69) is 60.8 Å². The maximum Gasteiger partial charge on any atom is 0.131 e. The second-order valence-electron chi connectivity index (χ2n) is 9.60. The van der Waals surface area contributed by atoms with Crippen molar-refractivity contribution in [1.29, 1.82) is 0 Å².